The Morgan fingerprint density at radius 3 is 2.65 bits per heavy atom. The average Bonchev–Trinajstić information content (AvgIpc) is 2.76. The van der Waals surface area contributed by atoms with Crippen molar-refractivity contribution in [2.24, 2.45) is 5.92 Å². The van der Waals surface area contributed by atoms with Gasteiger partial charge in [-0.2, -0.15) is 13.2 Å². The Morgan fingerprint density at radius 2 is 2.00 bits per heavy atom. The Bertz CT molecular complexity index is 971. The molecule has 11 heteroatoms. The molecule has 0 bridgehead atoms. The van der Waals surface area contributed by atoms with Gasteiger partial charge in [-0.3, -0.25) is 15.8 Å². The van der Waals surface area contributed by atoms with E-state index in [-0.39, 0.29) is 18.3 Å². The number of nitrogens with zero attached hydrogens (tertiary/aromatic N) is 4. The fourth-order valence-electron chi connectivity index (χ4n) is 3.43. The number of amidine groups is 1. The standard InChI is InChI=1S/C20H24F3N7S/c1-29(12-24)18(25)15-8-14-9-17(27-11-16(14)26-10-15)28-19(31)13-2-5-30(6-3-13)7-4-20(21,22)23/h8-13,24-25H,2-7H2,1H3,(H,27,28,31). The van der Waals surface area contributed by atoms with Gasteiger partial charge in [0, 0.05) is 36.7 Å². The van der Waals surface area contributed by atoms with E-state index in [1.165, 1.54) is 4.90 Å². The van der Waals surface area contributed by atoms with Gasteiger partial charge in [-0.25, -0.2) is 4.98 Å². The molecule has 0 spiro atoms. The maximum absolute atomic E-state index is 12.4. The molecule has 7 nitrogen and oxygen atoms in total. The third-order valence-corrected chi connectivity index (χ3v) is 5.74. The fourth-order valence-corrected chi connectivity index (χ4v) is 3.77. The Labute approximate surface area is 183 Å². The first-order valence-corrected chi connectivity index (χ1v) is 10.3. The van der Waals surface area contributed by atoms with Crippen LogP contribution in [0.2, 0.25) is 0 Å². The highest BCUT2D eigenvalue weighted by Crippen LogP contribution is 2.24. The highest BCUT2D eigenvalue weighted by Gasteiger charge is 2.29. The van der Waals surface area contributed by atoms with Crippen LogP contribution in [0.1, 0.15) is 24.8 Å². The zero-order valence-electron chi connectivity index (χ0n) is 17.0. The molecule has 1 fully saturated rings. The molecule has 0 aromatic carbocycles. The summed E-state index contributed by atoms with van der Waals surface area (Å²) in [5.41, 5.74) is 1.24. The van der Waals surface area contributed by atoms with E-state index in [9.17, 15) is 13.2 Å². The molecule has 0 aliphatic carbocycles. The third kappa shape index (κ3) is 6.17. The molecule has 2 aromatic rings. The molecular formula is C20H24F3N7S. The zero-order valence-corrected chi connectivity index (χ0v) is 17.9. The summed E-state index contributed by atoms with van der Waals surface area (Å²) in [5, 5.41) is 19.3. The predicted octanol–water partition coefficient (Wildman–Crippen LogP) is 3.90. The maximum atomic E-state index is 12.4. The number of rotatable bonds is 6. The van der Waals surface area contributed by atoms with Crippen LogP contribution in [0.3, 0.4) is 0 Å². The number of halogens is 3. The largest absolute Gasteiger partial charge is 0.390 e. The smallest absolute Gasteiger partial charge is 0.334 e. The van der Waals surface area contributed by atoms with E-state index in [0.29, 0.717) is 47.8 Å². The van der Waals surface area contributed by atoms with Crippen molar-refractivity contribution in [3.63, 3.8) is 0 Å². The molecule has 3 heterocycles. The molecule has 0 saturated carbocycles. The first-order valence-electron chi connectivity index (χ1n) is 9.84. The highest BCUT2D eigenvalue weighted by molar-refractivity contribution is 7.80. The second kappa shape index (κ2) is 9.65. The summed E-state index contributed by atoms with van der Waals surface area (Å²) in [7, 11) is 1.62. The van der Waals surface area contributed by atoms with Gasteiger partial charge in [0.25, 0.3) is 0 Å². The Morgan fingerprint density at radius 1 is 1.29 bits per heavy atom. The van der Waals surface area contributed by atoms with Gasteiger partial charge < -0.3 is 15.1 Å². The van der Waals surface area contributed by atoms with Gasteiger partial charge in [-0.1, -0.05) is 12.2 Å². The lowest BCUT2D eigenvalue weighted by molar-refractivity contribution is -0.138. The minimum Gasteiger partial charge on any atom is -0.334 e. The summed E-state index contributed by atoms with van der Waals surface area (Å²) >= 11 is 5.53. The number of likely N-dealkylation sites (tertiary alicyclic amines) is 1. The van der Waals surface area contributed by atoms with Gasteiger partial charge in [-0.15, -0.1) is 0 Å². The van der Waals surface area contributed by atoms with Crippen LogP contribution in [-0.4, -0.2) is 69.8 Å². The molecule has 0 radical (unpaired) electrons. The first-order chi connectivity index (χ1) is 14.7. The van der Waals surface area contributed by atoms with Crippen LogP contribution in [0, 0.1) is 16.7 Å². The molecular weight excluding hydrogens is 427 g/mol. The lowest BCUT2D eigenvalue weighted by Crippen LogP contribution is -2.39. The normalized spacial score (nSPS) is 15.6. The zero-order chi connectivity index (χ0) is 22.6. The van der Waals surface area contributed by atoms with Crippen molar-refractivity contribution in [3.05, 3.63) is 30.1 Å². The summed E-state index contributed by atoms with van der Waals surface area (Å²) in [5.74, 6) is 0.805. The number of nitrogens with one attached hydrogen (secondary N) is 3. The van der Waals surface area contributed by atoms with Crippen LogP contribution in [0.4, 0.5) is 19.0 Å². The van der Waals surface area contributed by atoms with Crippen LogP contribution < -0.4 is 5.32 Å². The quantitative estimate of drug-likeness (QED) is 0.351. The molecule has 1 saturated heterocycles. The van der Waals surface area contributed by atoms with Crippen molar-refractivity contribution in [2.75, 3.05) is 32.0 Å². The number of hydrogen-bond donors (Lipinski definition) is 3. The van der Waals surface area contributed by atoms with Crippen molar-refractivity contribution in [3.8, 4) is 0 Å². The number of fused-ring (bicyclic) bond motifs is 1. The van der Waals surface area contributed by atoms with Crippen LogP contribution >= 0.6 is 12.2 Å². The summed E-state index contributed by atoms with van der Waals surface area (Å²) in [6.07, 6.45) is 0.734. The van der Waals surface area contributed by atoms with E-state index in [4.69, 9.17) is 23.0 Å². The van der Waals surface area contributed by atoms with Crippen LogP contribution in [0.15, 0.2) is 24.5 Å². The van der Waals surface area contributed by atoms with Crippen LogP contribution in [0.25, 0.3) is 10.9 Å². The van der Waals surface area contributed by atoms with Gasteiger partial charge in [0.05, 0.1) is 29.5 Å². The van der Waals surface area contributed by atoms with Gasteiger partial charge in [-0.05, 0) is 38.1 Å². The van der Waals surface area contributed by atoms with Crippen molar-refractivity contribution < 1.29 is 13.2 Å². The van der Waals surface area contributed by atoms with E-state index in [2.05, 4.69) is 15.3 Å². The van der Waals surface area contributed by atoms with E-state index in [1.54, 1.807) is 31.6 Å². The predicted molar refractivity (Wildman–Crippen MR) is 119 cm³/mol. The molecule has 3 N–H and O–H groups in total. The molecule has 1 aliphatic heterocycles. The van der Waals surface area contributed by atoms with E-state index in [1.807, 2.05) is 4.90 Å². The Balaban J connectivity index is 1.61. The second-order valence-electron chi connectivity index (χ2n) is 7.55. The molecule has 1 aliphatic rings. The number of thiocarbonyl (C=S) groups is 1. The minimum absolute atomic E-state index is 0.0279. The van der Waals surface area contributed by atoms with Crippen molar-refractivity contribution in [1.82, 2.24) is 19.8 Å². The van der Waals surface area contributed by atoms with Crippen LogP contribution in [0.5, 0.6) is 0 Å². The molecule has 0 amide bonds. The summed E-state index contributed by atoms with van der Waals surface area (Å²) in [4.78, 5) is 12.5. The molecule has 2 aromatic heterocycles. The second-order valence-corrected chi connectivity index (χ2v) is 7.99. The number of hydrogen-bond acceptors (Lipinski definition) is 6. The van der Waals surface area contributed by atoms with E-state index >= 15 is 0 Å². The lowest BCUT2D eigenvalue weighted by Gasteiger charge is -2.32. The van der Waals surface area contributed by atoms with Gasteiger partial charge in [0.1, 0.15) is 11.7 Å². The molecule has 166 valence electrons. The van der Waals surface area contributed by atoms with Gasteiger partial charge >= 0.3 is 6.18 Å². The van der Waals surface area contributed by atoms with Crippen LogP contribution in [-0.2, 0) is 0 Å². The number of aromatic nitrogens is 2. The number of piperidine rings is 1. The van der Waals surface area contributed by atoms with E-state index in [0.717, 1.165) is 11.7 Å². The van der Waals surface area contributed by atoms with Crippen molar-refractivity contribution in [2.45, 2.75) is 25.4 Å². The molecule has 3 rings (SSSR count). The molecule has 31 heavy (non-hydrogen) atoms. The van der Waals surface area contributed by atoms with Crippen molar-refractivity contribution in [1.29, 1.82) is 10.8 Å². The lowest BCUT2D eigenvalue weighted by atomic mass is 9.96. The topological polar surface area (TPSA) is 92.0 Å². The SMILES string of the molecule is CN(C=N)C(=N)c1cnc2cnc(NC(=S)C3CCN(CCC(F)(F)F)CC3)cc2c1. The highest BCUT2D eigenvalue weighted by atomic mass is 32.1. The average molecular weight is 452 g/mol. The molecule has 0 unspecified atom stereocenters. The van der Waals surface area contributed by atoms with E-state index < -0.39 is 12.6 Å². The number of anilines is 1. The Hall–Kier alpha value is -2.66. The number of alkyl halides is 3. The third-order valence-electron chi connectivity index (χ3n) is 5.31. The first kappa shape index (κ1) is 23.0. The summed E-state index contributed by atoms with van der Waals surface area (Å²) in [6, 6.07) is 3.61. The van der Waals surface area contributed by atoms with Crippen molar-refractivity contribution >= 4 is 46.1 Å². The minimum atomic E-state index is -4.13. The molecule has 0 atom stereocenters. The Kier molecular flexibility index (Phi) is 7.16. The summed E-state index contributed by atoms with van der Waals surface area (Å²) < 4.78 is 37.2. The monoisotopic (exact) mass is 451 g/mol. The maximum Gasteiger partial charge on any atom is 0.390 e. The fraction of sp³-hybridized carbons (Fsp3) is 0.450. The van der Waals surface area contributed by atoms with Gasteiger partial charge in [0.2, 0.25) is 0 Å². The summed E-state index contributed by atoms with van der Waals surface area (Å²) in [6.45, 7) is 1.20. The van der Waals surface area contributed by atoms with Gasteiger partial charge in [0.15, 0.2) is 0 Å². The number of pyridine rings is 2.